The van der Waals surface area contributed by atoms with Gasteiger partial charge in [0.1, 0.15) is 0 Å². The number of hydrogen-bond donors (Lipinski definition) is 2. The molecule has 2 N–H and O–H groups in total. The van der Waals surface area contributed by atoms with Gasteiger partial charge in [-0.2, -0.15) is 11.8 Å². The maximum absolute atomic E-state index is 8.72. The quantitative estimate of drug-likeness (QED) is 0.698. The maximum Gasteiger partial charge on any atom is 0.0445 e. The van der Waals surface area contributed by atoms with Gasteiger partial charge in [-0.25, -0.2) is 0 Å². The third-order valence-electron chi connectivity index (χ3n) is 2.30. The number of hydrogen-bond acceptors (Lipinski definition) is 3. The van der Waals surface area contributed by atoms with Crippen molar-refractivity contribution in [1.29, 1.82) is 0 Å². The topological polar surface area (TPSA) is 32.3 Å². The molecule has 0 aliphatic carbocycles. The first kappa shape index (κ1) is 10.4. The van der Waals surface area contributed by atoms with E-state index in [4.69, 9.17) is 5.11 Å². The van der Waals surface area contributed by atoms with E-state index in [0.717, 1.165) is 6.42 Å². The Kier molecular flexibility index (Phi) is 5.04. The van der Waals surface area contributed by atoms with Crippen molar-refractivity contribution in [2.75, 3.05) is 18.1 Å². The Hall–Kier alpha value is 0.270. The molecule has 1 unspecified atom stereocenters. The average Bonchev–Trinajstić information content (AvgIpc) is 2.06. The van der Waals surface area contributed by atoms with Gasteiger partial charge in [-0.15, -0.1) is 0 Å². The van der Waals surface area contributed by atoms with Crippen molar-refractivity contribution in [3.05, 3.63) is 0 Å². The molecule has 1 rings (SSSR count). The van der Waals surface area contributed by atoms with E-state index < -0.39 is 0 Å². The number of thioether (sulfide) groups is 1. The Bertz CT molecular complexity index is 115. The van der Waals surface area contributed by atoms with Crippen LogP contribution in [-0.4, -0.2) is 35.3 Å². The molecule has 12 heavy (non-hydrogen) atoms. The SMILES string of the molecule is CC(CCO)NC1CCSCC1. The zero-order valence-corrected chi connectivity index (χ0v) is 8.57. The zero-order chi connectivity index (χ0) is 8.81. The molecule has 0 aromatic rings. The van der Waals surface area contributed by atoms with E-state index in [1.807, 2.05) is 11.8 Å². The molecule has 1 heterocycles. The first-order valence-electron chi connectivity index (χ1n) is 4.77. The predicted octanol–water partition coefficient (Wildman–Crippen LogP) is 1.24. The Labute approximate surface area is 79.1 Å². The second-order valence-electron chi connectivity index (χ2n) is 3.47. The summed E-state index contributed by atoms with van der Waals surface area (Å²) in [5.74, 6) is 2.59. The lowest BCUT2D eigenvalue weighted by molar-refractivity contribution is 0.261. The second-order valence-corrected chi connectivity index (χ2v) is 4.69. The highest BCUT2D eigenvalue weighted by atomic mass is 32.2. The monoisotopic (exact) mass is 189 g/mol. The normalized spacial score (nSPS) is 22.5. The standard InChI is InChI=1S/C9H19NOS/c1-8(2-5-11)10-9-3-6-12-7-4-9/h8-11H,2-7H2,1H3. The summed E-state index contributed by atoms with van der Waals surface area (Å²) in [6, 6.07) is 1.18. The van der Waals surface area contributed by atoms with Crippen molar-refractivity contribution < 1.29 is 5.11 Å². The fourth-order valence-electron chi connectivity index (χ4n) is 1.54. The van der Waals surface area contributed by atoms with Crippen LogP contribution in [0.4, 0.5) is 0 Å². The van der Waals surface area contributed by atoms with Gasteiger partial charge in [-0.3, -0.25) is 0 Å². The third-order valence-corrected chi connectivity index (χ3v) is 3.35. The van der Waals surface area contributed by atoms with Crippen LogP contribution in [0.5, 0.6) is 0 Å². The van der Waals surface area contributed by atoms with Crippen molar-refractivity contribution in [3.63, 3.8) is 0 Å². The third kappa shape index (κ3) is 3.78. The van der Waals surface area contributed by atoms with Gasteiger partial charge in [-0.1, -0.05) is 0 Å². The highest BCUT2D eigenvalue weighted by Gasteiger charge is 2.14. The number of rotatable bonds is 4. The van der Waals surface area contributed by atoms with Crippen molar-refractivity contribution >= 4 is 11.8 Å². The Balaban J connectivity index is 2.11. The first-order valence-corrected chi connectivity index (χ1v) is 5.93. The summed E-state index contributed by atoms with van der Waals surface area (Å²) in [7, 11) is 0. The zero-order valence-electron chi connectivity index (χ0n) is 7.75. The molecule has 0 amide bonds. The first-order chi connectivity index (χ1) is 5.83. The number of aliphatic hydroxyl groups is 1. The summed E-state index contributed by atoms with van der Waals surface area (Å²) in [6.07, 6.45) is 3.46. The highest BCUT2D eigenvalue weighted by Crippen LogP contribution is 2.17. The summed E-state index contributed by atoms with van der Waals surface area (Å²) in [4.78, 5) is 0. The van der Waals surface area contributed by atoms with Crippen LogP contribution in [0.3, 0.4) is 0 Å². The van der Waals surface area contributed by atoms with Crippen molar-refractivity contribution in [2.45, 2.75) is 38.3 Å². The fraction of sp³-hybridized carbons (Fsp3) is 1.00. The van der Waals surface area contributed by atoms with Crippen LogP contribution in [0.25, 0.3) is 0 Å². The molecule has 3 heteroatoms. The minimum atomic E-state index is 0.301. The molecule has 0 bridgehead atoms. The molecular formula is C9H19NOS. The summed E-state index contributed by atoms with van der Waals surface area (Å²) in [5.41, 5.74) is 0. The van der Waals surface area contributed by atoms with Crippen LogP contribution in [0, 0.1) is 0 Å². The van der Waals surface area contributed by atoms with Gasteiger partial charge in [-0.05, 0) is 37.7 Å². The van der Waals surface area contributed by atoms with Crippen molar-refractivity contribution in [2.24, 2.45) is 0 Å². The highest BCUT2D eigenvalue weighted by molar-refractivity contribution is 7.99. The van der Waals surface area contributed by atoms with Gasteiger partial charge in [0.15, 0.2) is 0 Å². The molecule has 2 nitrogen and oxygen atoms in total. The van der Waals surface area contributed by atoms with Crippen LogP contribution in [0.2, 0.25) is 0 Å². The van der Waals surface area contributed by atoms with Crippen LogP contribution >= 0.6 is 11.8 Å². The van der Waals surface area contributed by atoms with Gasteiger partial charge in [0, 0.05) is 18.7 Å². The van der Waals surface area contributed by atoms with E-state index in [1.165, 1.54) is 24.3 Å². The van der Waals surface area contributed by atoms with Gasteiger partial charge < -0.3 is 10.4 Å². The smallest absolute Gasteiger partial charge is 0.0445 e. The van der Waals surface area contributed by atoms with E-state index in [-0.39, 0.29) is 0 Å². The minimum Gasteiger partial charge on any atom is -0.396 e. The van der Waals surface area contributed by atoms with Gasteiger partial charge in [0.2, 0.25) is 0 Å². The van der Waals surface area contributed by atoms with E-state index in [2.05, 4.69) is 12.2 Å². The molecule has 1 saturated heterocycles. The molecule has 0 aromatic carbocycles. The Morgan fingerprint density at radius 3 is 2.75 bits per heavy atom. The molecule has 72 valence electrons. The molecule has 1 aliphatic heterocycles. The molecule has 0 aromatic heterocycles. The van der Waals surface area contributed by atoms with E-state index >= 15 is 0 Å². The molecule has 0 saturated carbocycles. The van der Waals surface area contributed by atoms with Crippen LogP contribution in [0.1, 0.15) is 26.2 Å². The molecule has 0 radical (unpaired) electrons. The summed E-state index contributed by atoms with van der Waals surface area (Å²) >= 11 is 2.05. The summed E-state index contributed by atoms with van der Waals surface area (Å²) in [6.45, 7) is 2.45. The molecule has 1 aliphatic rings. The molecular weight excluding hydrogens is 170 g/mol. The van der Waals surface area contributed by atoms with Gasteiger partial charge in [0.25, 0.3) is 0 Å². The van der Waals surface area contributed by atoms with Gasteiger partial charge >= 0.3 is 0 Å². The summed E-state index contributed by atoms with van der Waals surface area (Å²) < 4.78 is 0. The fourth-order valence-corrected chi connectivity index (χ4v) is 2.65. The lowest BCUT2D eigenvalue weighted by Crippen LogP contribution is -2.39. The number of aliphatic hydroxyl groups excluding tert-OH is 1. The average molecular weight is 189 g/mol. The van der Waals surface area contributed by atoms with E-state index in [0.29, 0.717) is 18.7 Å². The van der Waals surface area contributed by atoms with E-state index in [9.17, 15) is 0 Å². The predicted molar refractivity (Wildman–Crippen MR) is 54.6 cm³/mol. The number of nitrogens with one attached hydrogen (secondary N) is 1. The Morgan fingerprint density at radius 1 is 1.50 bits per heavy atom. The Morgan fingerprint density at radius 2 is 2.17 bits per heavy atom. The van der Waals surface area contributed by atoms with Crippen molar-refractivity contribution in [1.82, 2.24) is 5.32 Å². The summed E-state index contributed by atoms with van der Waals surface area (Å²) in [5, 5.41) is 12.3. The van der Waals surface area contributed by atoms with E-state index in [1.54, 1.807) is 0 Å². The molecule has 1 atom stereocenters. The van der Waals surface area contributed by atoms with Crippen molar-refractivity contribution in [3.8, 4) is 0 Å². The lowest BCUT2D eigenvalue weighted by Gasteiger charge is -2.26. The minimum absolute atomic E-state index is 0.301. The molecule has 1 fully saturated rings. The van der Waals surface area contributed by atoms with Crippen LogP contribution in [0.15, 0.2) is 0 Å². The lowest BCUT2D eigenvalue weighted by atomic mass is 10.1. The second kappa shape index (κ2) is 5.84. The van der Waals surface area contributed by atoms with Gasteiger partial charge in [0.05, 0.1) is 0 Å². The molecule has 0 spiro atoms. The van der Waals surface area contributed by atoms with Crippen LogP contribution < -0.4 is 5.32 Å². The largest absolute Gasteiger partial charge is 0.396 e. The van der Waals surface area contributed by atoms with Crippen LogP contribution in [-0.2, 0) is 0 Å². The maximum atomic E-state index is 8.72.